The first kappa shape index (κ1) is 10.1. The predicted molar refractivity (Wildman–Crippen MR) is 22.2 cm³/mol. The summed E-state index contributed by atoms with van der Waals surface area (Å²) in [5, 5.41) is 4.96. The van der Waals surface area contributed by atoms with Crippen molar-refractivity contribution in [3.63, 3.8) is 0 Å². The van der Waals surface area contributed by atoms with E-state index in [1.165, 1.54) is 6.21 Å². The van der Waals surface area contributed by atoms with Crippen molar-refractivity contribution in [2.24, 2.45) is 10.5 Å². The normalized spacial score (nSPS) is 7.57. The van der Waals surface area contributed by atoms with E-state index in [2.05, 4.69) is 10.1 Å². The molecule has 0 unspecified atom stereocenters. The van der Waals surface area contributed by atoms with Crippen LogP contribution in [0.3, 0.4) is 0 Å². The minimum atomic E-state index is 0. The summed E-state index contributed by atoms with van der Waals surface area (Å²) in [6, 6.07) is 0. The van der Waals surface area contributed by atoms with Crippen LogP contribution < -0.4 is 29.6 Å². The molecule has 0 atom stereocenters. The number of nitrogens with zero attached hydrogens (tertiary/aromatic N) is 2. The second-order valence-corrected chi connectivity index (χ2v) is 0.520. The van der Waals surface area contributed by atoms with Gasteiger partial charge in [0.1, 0.15) is 0 Å². The number of rotatable bonds is 2. The Morgan fingerprint density at radius 1 is 1.86 bits per heavy atom. The van der Waals surface area contributed by atoms with Gasteiger partial charge in [-0.2, -0.15) is 0 Å². The van der Waals surface area contributed by atoms with Crippen LogP contribution in [0.15, 0.2) is 10.5 Å². The van der Waals surface area contributed by atoms with Gasteiger partial charge in [-0.15, -0.1) is 4.91 Å². The second-order valence-electron chi connectivity index (χ2n) is 0.520. The van der Waals surface area contributed by atoms with E-state index in [4.69, 9.17) is 4.91 Å². The molecule has 0 spiro atoms. The van der Waals surface area contributed by atoms with Gasteiger partial charge < -0.3 is 1.43 Å². The van der Waals surface area contributed by atoms with Crippen molar-refractivity contribution in [1.82, 2.24) is 0 Å². The maximum Gasteiger partial charge on any atom is 1.00 e. The van der Waals surface area contributed by atoms with E-state index in [0.29, 0.717) is 0 Å². The van der Waals surface area contributed by atoms with Crippen LogP contribution in [0, 0.1) is 4.91 Å². The Bertz CT molecular complexity index is 69.1. The smallest absolute Gasteiger partial charge is 1.00 e. The van der Waals surface area contributed by atoms with Gasteiger partial charge in [-0.1, -0.05) is 5.16 Å². The van der Waals surface area contributed by atoms with Crippen LogP contribution in [0.2, 0.25) is 0 Å². The van der Waals surface area contributed by atoms with E-state index in [1.54, 1.807) is 6.92 Å². The van der Waals surface area contributed by atoms with Gasteiger partial charge >= 0.3 is 29.6 Å². The molecule has 7 heavy (non-hydrogen) atoms. The van der Waals surface area contributed by atoms with Crippen molar-refractivity contribution in [3.05, 3.63) is 4.91 Å². The summed E-state index contributed by atoms with van der Waals surface area (Å²) in [5.74, 6) is 0. The standard InChI is InChI=1S/C2H4N2O2.Na.H/c1-2-3-6-4-5;;/h2H,1H3;;/q;+1;-1. The summed E-state index contributed by atoms with van der Waals surface area (Å²) in [7, 11) is 0. The monoisotopic (exact) mass is 112 g/mol. The van der Waals surface area contributed by atoms with Crippen LogP contribution in [-0.2, 0) is 4.94 Å². The maximum absolute atomic E-state index is 8.98. The zero-order chi connectivity index (χ0) is 4.83. The molecule has 0 heterocycles. The molecule has 0 aliphatic carbocycles. The van der Waals surface area contributed by atoms with E-state index in [1.807, 2.05) is 5.34 Å². The SMILES string of the molecule is CC=NON=O.[H-].[Na+]. The molecule has 4 nitrogen and oxygen atoms in total. The van der Waals surface area contributed by atoms with Gasteiger partial charge in [-0.25, -0.2) is 4.94 Å². The molecule has 0 amide bonds. The van der Waals surface area contributed by atoms with Crippen LogP contribution in [0.5, 0.6) is 0 Å². The second kappa shape index (κ2) is 9.42. The number of hydrogen-bond acceptors (Lipinski definition) is 4. The molecule has 0 radical (unpaired) electrons. The number of oxime groups is 1. The van der Waals surface area contributed by atoms with Crippen LogP contribution in [-0.4, -0.2) is 6.21 Å². The Morgan fingerprint density at radius 2 is 2.43 bits per heavy atom. The van der Waals surface area contributed by atoms with Crippen molar-refractivity contribution >= 4 is 6.21 Å². The van der Waals surface area contributed by atoms with Crippen molar-refractivity contribution in [2.75, 3.05) is 0 Å². The average molecular weight is 112 g/mol. The third-order valence-corrected chi connectivity index (χ3v) is 0.186. The molecule has 0 rings (SSSR count). The van der Waals surface area contributed by atoms with Crippen LogP contribution in [0.4, 0.5) is 0 Å². The maximum atomic E-state index is 8.98. The first-order valence-corrected chi connectivity index (χ1v) is 1.38. The summed E-state index contributed by atoms with van der Waals surface area (Å²) >= 11 is 0. The molecular formula is C2H5N2NaO2. The van der Waals surface area contributed by atoms with E-state index >= 15 is 0 Å². The molecule has 0 saturated heterocycles. The van der Waals surface area contributed by atoms with Gasteiger partial charge in [0.15, 0.2) is 5.34 Å². The Labute approximate surface area is 64.6 Å². The van der Waals surface area contributed by atoms with Crippen molar-refractivity contribution in [2.45, 2.75) is 6.92 Å². The fraction of sp³-hybridized carbons (Fsp3) is 0.500. The first-order valence-electron chi connectivity index (χ1n) is 1.38. The van der Waals surface area contributed by atoms with Crippen molar-refractivity contribution in [1.29, 1.82) is 0 Å². The average Bonchev–Trinajstić information content (AvgIpc) is 1.61. The Balaban J connectivity index is -0.000000125. The molecule has 0 bridgehead atoms. The van der Waals surface area contributed by atoms with Crippen molar-refractivity contribution in [3.8, 4) is 0 Å². The molecule has 0 aromatic heterocycles. The molecule has 0 aliphatic rings. The van der Waals surface area contributed by atoms with Gasteiger partial charge in [0.25, 0.3) is 0 Å². The quantitative estimate of drug-likeness (QED) is 0.176. The summed E-state index contributed by atoms with van der Waals surface area (Å²) in [6.45, 7) is 1.62. The van der Waals surface area contributed by atoms with Crippen LogP contribution in [0.25, 0.3) is 0 Å². The Morgan fingerprint density at radius 3 is 2.57 bits per heavy atom. The molecule has 5 heteroatoms. The third kappa shape index (κ3) is 10.7. The predicted octanol–water partition coefficient (Wildman–Crippen LogP) is -2.19. The first-order chi connectivity index (χ1) is 2.91. The Hall–Kier alpha value is 0.0700. The van der Waals surface area contributed by atoms with Gasteiger partial charge in [0.05, 0.1) is 0 Å². The molecule has 0 N–H and O–H groups in total. The van der Waals surface area contributed by atoms with Gasteiger partial charge in [0.2, 0.25) is 0 Å². The molecule has 0 aliphatic heterocycles. The topological polar surface area (TPSA) is 51.0 Å². The van der Waals surface area contributed by atoms with Crippen LogP contribution >= 0.6 is 0 Å². The summed E-state index contributed by atoms with van der Waals surface area (Å²) in [6.07, 6.45) is 1.32. The summed E-state index contributed by atoms with van der Waals surface area (Å²) in [4.78, 5) is 12.6. The van der Waals surface area contributed by atoms with Crippen molar-refractivity contribution < 1.29 is 35.9 Å². The minimum absolute atomic E-state index is 0. The van der Waals surface area contributed by atoms with Gasteiger partial charge in [0, 0.05) is 6.21 Å². The molecule has 36 valence electrons. The zero-order valence-corrected chi connectivity index (χ0v) is 6.29. The molecular weight excluding hydrogens is 107 g/mol. The van der Waals surface area contributed by atoms with Crippen LogP contribution in [0.1, 0.15) is 8.35 Å². The van der Waals surface area contributed by atoms with E-state index in [9.17, 15) is 0 Å². The summed E-state index contributed by atoms with van der Waals surface area (Å²) in [5.41, 5.74) is 0. The fourth-order valence-electron chi connectivity index (χ4n) is 0.0664. The number of hydrogen-bond donors (Lipinski definition) is 0. The Kier molecular flexibility index (Phi) is 13.6. The molecule has 0 fully saturated rings. The van der Waals surface area contributed by atoms with E-state index < -0.39 is 0 Å². The molecule has 0 saturated carbocycles. The molecule has 0 aromatic rings. The zero-order valence-electron chi connectivity index (χ0n) is 5.29. The van der Waals surface area contributed by atoms with E-state index in [0.717, 1.165) is 0 Å². The largest absolute Gasteiger partial charge is 1.00 e. The summed E-state index contributed by atoms with van der Waals surface area (Å²) < 4.78 is 0. The van der Waals surface area contributed by atoms with Gasteiger partial charge in [-0.3, -0.25) is 0 Å². The van der Waals surface area contributed by atoms with E-state index in [-0.39, 0.29) is 31.0 Å². The fourth-order valence-corrected chi connectivity index (χ4v) is 0.0664. The minimum Gasteiger partial charge on any atom is -1.00 e. The van der Waals surface area contributed by atoms with Gasteiger partial charge in [-0.05, 0) is 6.92 Å². The molecule has 0 aromatic carbocycles. The third-order valence-electron chi connectivity index (χ3n) is 0.186.